The van der Waals surface area contributed by atoms with Gasteiger partial charge in [0.25, 0.3) is 5.56 Å². The van der Waals surface area contributed by atoms with Gasteiger partial charge in [0.05, 0.1) is 19.5 Å². The maximum atomic E-state index is 14.5. The molecule has 23 heteroatoms. The van der Waals surface area contributed by atoms with Gasteiger partial charge in [-0.05, 0) is 6.42 Å². The van der Waals surface area contributed by atoms with Gasteiger partial charge in [0.2, 0.25) is 0 Å². The molecule has 5 rings (SSSR count). The van der Waals surface area contributed by atoms with Crippen LogP contribution in [0.4, 0.5) is 10.6 Å². The van der Waals surface area contributed by atoms with Crippen molar-refractivity contribution >= 4 is 41.3 Å². The third-order valence-electron chi connectivity index (χ3n) is 7.57. The van der Waals surface area contributed by atoms with Crippen LogP contribution in [-0.2, 0) is 42.0 Å². The average molecular weight is 748 g/mol. The molecule has 8 atom stereocenters. The number of aliphatic hydroxyl groups excluding tert-OH is 2. The predicted octanol–water partition coefficient (Wildman–Crippen LogP) is 0.640. The van der Waals surface area contributed by atoms with Crippen molar-refractivity contribution in [3.8, 4) is 0 Å². The van der Waals surface area contributed by atoms with Crippen LogP contribution in [0.3, 0.4) is 0 Å². The van der Waals surface area contributed by atoms with E-state index in [9.17, 15) is 29.2 Å². The number of unbranched alkanes of at least 4 members (excludes halogenated alkanes) is 1. The molecule has 276 valence electrons. The molecule has 21 nitrogen and oxygen atoms in total. The Morgan fingerprint density at radius 2 is 1.96 bits per heavy atom. The molecule has 2 fully saturated rings. The number of hydrogen-bond acceptors (Lipinski definition) is 19. The summed E-state index contributed by atoms with van der Waals surface area (Å²) >= 11 is 0.409. The van der Waals surface area contributed by atoms with Crippen molar-refractivity contribution in [3.05, 3.63) is 45.8 Å². The quantitative estimate of drug-likeness (QED) is 0.0638. The van der Waals surface area contributed by atoms with E-state index in [1.54, 1.807) is 0 Å². The van der Waals surface area contributed by atoms with Crippen LogP contribution in [0.1, 0.15) is 38.6 Å². The number of nitrogens with one attached hydrogen (secondary N) is 1. The van der Waals surface area contributed by atoms with Crippen LogP contribution in [0.2, 0.25) is 0 Å². The van der Waals surface area contributed by atoms with E-state index < -0.39 is 79.9 Å². The van der Waals surface area contributed by atoms with E-state index in [1.807, 2.05) is 6.92 Å². The van der Waals surface area contributed by atoms with Crippen molar-refractivity contribution < 1.29 is 57.0 Å². The molecule has 0 bridgehead atoms. The second-order valence-corrected chi connectivity index (χ2v) is 14.8. The number of rotatable bonds is 17. The minimum absolute atomic E-state index is 0.0580. The first-order valence-corrected chi connectivity index (χ1v) is 18.6. The number of aromatic amines is 1. The zero-order valence-electron chi connectivity index (χ0n) is 27.0. The molecule has 0 spiro atoms. The molecule has 3 aromatic rings. The van der Waals surface area contributed by atoms with Crippen LogP contribution in [0, 0.1) is 0 Å². The molecule has 4 unspecified atom stereocenters. The fraction of sp³-hybridized carbons (Fsp3) is 0.630. The number of fused-ring (bicyclic) bond motifs is 1. The maximum Gasteiger partial charge on any atom is 0.509 e. The van der Waals surface area contributed by atoms with Gasteiger partial charge in [-0.25, -0.2) is 29.1 Å². The Morgan fingerprint density at radius 1 is 1.14 bits per heavy atom. The largest absolute Gasteiger partial charge is 0.509 e. The maximum absolute atomic E-state index is 14.5. The van der Waals surface area contributed by atoms with E-state index >= 15 is 0 Å². The second-order valence-electron chi connectivity index (χ2n) is 10.9. The number of ether oxygens (including phenoxy) is 6. The van der Waals surface area contributed by atoms with Crippen LogP contribution in [-0.4, -0.2) is 116 Å². The molecule has 0 aliphatic carbocycles. The fourth-order valence-corrected chi connectivity index (χ4v) is 8.04. The Balaban J connectivity index is 1.33. The smallest absolute Gasteiger partial charge is 0.432 e. The van der Waals surface area contributed by atoms with Crippen LogP contribution >= 0.6 is 18.2 Å². The lowest BCUT2D eigenvalue weighted by molar-refractivity contribution is -0.131. The molecule has 2 aliphatic heterocycles. The van der Waals surface area contributed by atoms with Gasteiger partial charge in [-0.15, -0.1) is 0 Å². The van der Waals surface area contributed by atoms with E-state index in [2.05, 4.69) is 19.9 Å². The summed E-state index contributed by atoms with van der Waals surface area (Å²) < 4.78 is 61.4. The summed E-state index contributed by atoms with van der Waals surface area (Å²) in [6, 6.07) is 1.08. The number of carbonyl (C=O) groups excluding carboxylic acids is 1. The van der Waals surface area contributed by atoms with E-state index in [0.29, 0.717) is 29.2 Å². The zero-order valence-corrected chi connectivity index (χ0v) is 28.7. The number of anilines is 1. The molecule has 0 saturated carbocycles. The summed E-state index contributed by atoms with van der Waals surface area (Å²) in [5, 5.41) is 21.1. The Kier molecular flexibility index (Phi) is 13.0. The molecule has 50 heavy (non-hydrogen) atoms. The number of carbonyl (C=O) groups is 1. The zero-order chi connectivity index (χ0) is 35.8. The lowest BCUT2D eigenvalue weighted by atomic mass is 10.1. The monoisotopic (exact) mass is 747 g/mol. The summed E-state index contributed by atoms with van der Waals surface area (Å²) in [4.78, 5) is 50.8. The first-order valence-electron chi connectivity index (χ1n) is 15.4. The summed E-state index contributed by atoms with van der Waals surface area (Å²) in [5.41, 5.74) is 5.00. The van der Waals surface area contributed by atoms with Crippen LogP contribution in [0.15, 0.2) is 34.5 Å². The van der Waals surface area contributed by atoms with Crippen molar-refractivity contribution in [1.82, 2.24) is 29.1 Å². The van der Waals surface area contributed by atoms with Gasteiger partial charge in [0.1, 0.15) is 49.1 Å². The fourth-order valence-electron chi connectivity index (χ4n) is 5.13. The lowest BCUT2D eigenvalue weighted by Crippen LogP contribution is -2.40. The Hall–Kier alpha value is -3.44. The molecule has 2 aliphatic rings. The minimum Gasteiger partial charge on any atom is -0.432 e. The number of H-pyrrole nitrogens is 1. The van der Waals surface area contributed by atoms with Gasteiger partial charge in [0.15, 0.2) is 29.9 Å². The number of imidazole rings is 1. The number of hydrogen-bond donors (Lipinski definition) is 4. The summed E-state index contributed by atoms with van der Waals surface area (Å²) in [5.74, 6) is -0.483. The summed E-state index contributed by atoms with van der Waals surface area (Å²) in [6.45, 7) is -2.66. The first-order chi connectivity index (χ1) is 24.1. The van der Waals surface area contributed by atoms with E-state index in [0.717, 1.165) is 29.7 Å². The first kappa shape index (κ1) is 37.8. The molecule has 0 amide bonds. The van der Waals surface area contributed by atoms with E-state index in [1.165, 1.54) is 24.3 Å². The van der Waals surface area contributed by atoms with Gasteiger partial charge in [-0.1, -0.05) is 13.3 Å². The van der Waals surface area contributed by atoms with Crippen molar-refractivity contribution in [2.75, 3.05) is 45.2 Å². The third-order valence-corrected chi connectivity index (χ3v) is 10.9. The van der Waals surface area contributed by atoms with Gasteiger partial charge < -0.3 is 44.4 Å². The summed E-state index contributed by atoms with van der Waals surface area (Å²) in [6.07, 6.45) is -4.42. The van der Waals surface area contributed by atoms with Crippen LogP contribution in [0.5, 0.6) is 0 Å². The number of nitrogen functional groups attached to an aromatic ring is 1. The summed E-state index contributed by atoms with van der Waals surface area (Å²) in [7, 11) is 1.26. The topological polar surface area (TPSA) is 273 Å². The SMILES string of the molecule is CCCCOCCOC(=O)OCSP(=O)(OC1C(OC)[C@H](n2ccc(=O)[nH]c2=O)O[C@@H]1CO)O[C@H]1O[C@@H](n2cnc3c(N)ncnc32)CC1O. The number of nitrogens with zero attached hydrogens (tertiary/aromatic N) is 5. The molecular formula is C27H38N7O14PS. The third kappa shape index (κ3) is 8.88. The van der Waals surface area contributed by atoms with Crippen molar-refractivity contribution in [1.29, 1.82) is 0 Å². The highest BCUT2D eigenvalue weighted by Crippen LogP contribution is 2.64. The van der Waals surface area contributed by atoms with Crippen molar-refractivity contribution in [2.24, 2.45) is 0 Å². The molecule has 5 heterocycles. The van der Waals surface area contributed by atoms with Gasteiger partial charge in [0, 0.05) is 43.8 Å². The predicted molar refractivity (Wildman–Crippen MR) is 172 cm³/mol. The van der Waals surface area contributed by atoms with Gasteiger partial charge >= 0.3 is 18.6 Å². The molecule has 2 saturated heterocycles. The van der Waals surface area contributed by atoms with Crippen LogP contribution < -0.4 is 17.0 Å². The van der Waals surface area contributed by atoms with Crippen molar-refractivity contribution in [2.45, 2.75) is 69.3 Å². The number of aromatic nitrogens is 6. The normalized spacial score (nSPS) is 26.3. The Bertz CT molecular complexity index is 1760. The van der Waals surface area contributed by atoms with Crippen molar-refractivity contribution in [3.63, 3.8) is 0 Å². The molecule has 0 radical (unpaired) electrons. The average Bonchev–Trinajstić information content (AvgIpc) is 3.78. The number of nitrogens with two attached hydrogens (primary N) is 1. The number of methoxy groups -OCH3 is 1. The van der Waals surface area contributed by atoms with Gasteiger partial charge in [-0.2, -0.15) is 0 Å². The molecule has 0 aromatic carbocycles. The standard InChI is InChI=1S/C27H38N7O14PS/c1-3-4-7-42-8-9-43-27(39)44-14-50-49(40,47-20-16(11-35)45-24(21(20)41-2)33-6-5-17(37)32-26(33)38)48-25-15(36)10-18(46-25)34-13-31-19-22(28)29-12-30-23(19)34/h5-6,12-13,15-16,18,20-21,24-25,35-36H,3-4,7-11,14H2,1-2H3,(H2,28,29,30)(H,32,37,38)/t15?,16-,18-,20?,21?,24-,25-,49?/m1/s1. The van der Waals surface area contributed by atoms with E-state index in [-0.39, 0.29) is 25.5 Å². The Morgan fingerprint density at radius 3 is 2.70 bits per heavy atom. The van der Waals surface area contributed by atoms with E-state index in [4.69, 9.17) is 43.2 Å². The highest BCUT2D eigenvalue weighted by Gasteiger charge is 2.52. The minimum atomic E-state index is -4.57. The lowest BCUT2D eigenvalue weighted by Gasteiger charge is -2.28. The number of aliphatic hydroxyl groups is 2. The van der Waals surface area contributed by atoms with Gasteiger partial charge in [-0.3, -0.25) is 28.0 Å². The Labute approximate surface area is 287 Å². The highest BCUT2D eigenvalue weighted by molar-refractivity contribution is 8.55. The molecule has 5 N–H and O–H groups in total. The highest BCUT2D eigenvalue weighted by atomic mass is 32.7. The van der Waals surface area contributed by atoms with Crippen LogP contribution in [0.25, 0.3) is 11.2 Å². The molecular weight excluding hydrogens is 709 g/mol. The second kappa shape index (κ2) is 17.2. The molecule has 3 aromatic heterocycles.